The Morgan fingerprint density at radius 3 is 2.60 bits per heavy atom. The number of urea groups is 1. The predicted octanol–water partition coefficient (Wildman–Crippen LogP) is 2.68. The standard InChI is InChI=1S/C19H23FN2O3/c1-19(24,16-6-4-3-5-7-16)13-22-18(23)21-11-14-8-9-17(20)15(10-14)12-25-2/h3-10,24H,11-13H2,1-2H3,(H2,21,22,23)/t19-/m1/s1. The van der Waals surface area contributed by atoms with Crippen molar-refractivity contribution in [3.8, 4) is 0 Å². The largest absolute Gasteiger partial charge is 0.384 e. The molecular formula is C19H23FN2O3. The summed E-state index contributed by atoms with van der Waals surface area (Å²) in [5, 5.41) is 15.8. The highest BCUT2D eigenvalue weighted by Gasteiger charge is 2.23. The Labute approximate surface area is 146 Å². The van der Waals surface area contributed by atoms with Crippen LogP contribution in [0.15, 0.2) is 48.5 Å². The van der Waals surface area contributed by atoms with Gasteiger partial charge < -0.3 is 20.5 Å². The molecule has 0 aliphatic rings. The molecule has 2 aromatic carbocycles. The van der Waals surface area contributed by atoms with Gasteiger partial charge >= 0.3 is 6.03 Å². The molecule has 0 aliphatic carbocycles. The van der Waals surface area contributed by atoms with Crippen LogP contribution >= 0.6 is 0 Å². The van der Waals surface area contributed by atoms with Crippen LogP contribution in [0.1, 0.15) is 23.6 Å². The summed E-state index contributed by atoms with van der Waals surface area (Å²) >= 11 is 0. The van der Waals surface area contributed by atoms with Crippen LogP contribution in [0.25, 0.3) is 0 Å². The van der Waals surface area contributed by atoms with E-state index in [0.717, 1.165) is 11.1 Å². The van der Waals surface area contributed by atoms with E-state index in [1.807, 2.05) is 18.2 Å². The van der Waals surface area contributed by atoms with Gasteiger partial charge in [0.05, 0.1) is 13.2 Å². The smallest absolute Gasteiger partial charge is 0.315 e. The minimum atomic E-state index is -1.17. The number of aliphatic hydroxyl groups is 1. The second-order valence-corrected chi connectivity index (χ2v) is 6.03. The van der Waals surface area contributed by atoms with Gasteiger partial charge in [-0.25, -0.2) is 9.18 Å². The van der Waals surface area contributed by atoms with E-state index in [2.05, 4.69) is 10.6 Å². The molecule has 0 fully saturated rings. The fraction of sp³-hybridized carbons (Fsp3) is 0.316. The van der Waals surface area contributed by atoms with Crippen molar-refractivity contribution in [2.75, 3.05) is 13.7 Å². The molecule has 3 N–H and O–H groups in total. The summed E-state index contributed by atoms with van der Waals surface area (Å²) in [7, 11) is 1.50. The lowest BCUT2D eigenvalue weighted by atomic mass is 9.96. The first-order valence-corrected chi connectivity index (χ1v) is 7.98. The van der Waals surface area contributed by atoms with Crippen molar-refractivity contribution in [1.82, 2.24) is 10.6 Å². The fourth-order valence-electron chi connectivity index (χ4n) is 2.40. The third-order valence-electron chi connectivity index (χ3n) is 3.85. The van der Waals surface area contributed by atoms with Crippen molar-refractivity contribution >= 4 is 6.03 Å². The number of benzene rings is 2. The highest BCUT2D eigenvalue weighted by Crippen LogP contribution is 2.18. The maximum absolute atomic E-state index is 13.6. The first kappa shape index (κ1) is 18.9. The van der Waals surface area contributed by atoms with Crippen LogP contribution in [-0.2, 0) is 23.5 Å². The number of hydrogen-bond donors (Lipinski definition) is 3. The van der Waals surface area contributed by atoms with Crippen LogP contribution in [0, 0.1) is 5.82 Å². The van der Waals surface area contributed by atoms with Crippen LogP contribution < -0.4 is 10.6 Å². The Hall–Kier alpha value is -2.44. The highest BCUT2D eigenvalue weighted by atomic mass is 19.1. The highest BCUT2D eigenvalue weighted by molar-refractivity contribution is 5.73. The van der Waals surface area contributed by atoms with Crippen molar-refractivity contribution < 1.29 is 19.0 Å². The molecule has 6 heteroatoms. The maximum Gasteiger partial charge on any atom is 0.315 e. The van der Waals surface area contributed by atoms with E-state index in [1.165, 1.54) is 13.2 Å². The zero-order valence-electron chi connectivity index (χ0n) is 14.4. The predicted molar refractivity (Wildman–Crippen MR) is 93.4 cm³/mol. The molecular weight excluding hydrogens is 323 g/mol. The Kier molecular flexibility index (Phi) is 6.50. The summed E-state index contributed by atoms with van der Waals surface area (Å²) in [6.07, 6.45) is 0. The van der Waals surface area contributed by atoms with Crippen molar-refractivity contribution in [1.29, 1.82) is 0 Å². The van der Waals surface area contributed by atoms with Gasteiger partial charge in [0.1, 0.15) is 11.4 Å². The number of nitrogens with one attached hydrogen (secondary N) is 2. The average Bonchev–Trinajstić information content (AvgIpc) is 2.61. The van der Waals surface area contributed by atoms with Crippen molar-refractivity contribution in [2.24, 2.45) is 0 Å². The number of hydrogen-bond acceptors (Lipinski definition) is 3. The van der Waals surface area contributed by atoms with Gasteiger partial charge in [-0.3, -0.25) is 0 Å². The van der Waals surface area contributed by atoms with Crippen molar-refractivity contribution in [3.05, 3.63) is 71.0 Å². The SMILES string of the molecule is COCc1cc(CNC(=O)NC[C@@](C)(O)c2ccccc2)ccc1F. The minimum absolute atomic E-state index is 0.0706. The molecule has 0 heterocycles. The maximum atomic E-state index is 13.6. The summed E-state index contributed by atoms with van der Waals surface area (Å²) < 4.78 is 18.5. The molecule has 0 saturated carbocycles. The number of amides is 2. The summed E-state index contributed by atoms with van der Waals surface area (Å²) in [4.78, 5) is 11.9. The number of halogens is 1. The van der Waals surface area contributed by atoms with E-state index in [4.69, 9.17) is 4.74 Å². The number of ether oxygens (including phenoxy) is 1. The first-order valence-electron chi connectivity index (χ1n) is 7.98. The molecule has 0 saturated heterocycles. The minimum Gasteiger partial charge on any atom is -0.384 e. The Balaban J connectivity index is 1.86. The van der Waals surface area contributed by atoms with Gasteiger partial charge in [-0.15, -0.1) is 0 Å². The zero-order chi connectivity index (χ0) is 18.3. The quantitative estimate of drug-likeness (QED) is 0.722. The van der Waals surface area contributed by atoms with Gasteiger partial charge in [-0.05, 0) is 30.2 Å². The van der Waals surface area contributed by atoms with Gasteiger partial charge in [0.25, 0.3) is 0 Å². The van der Waals surface area contributed by atoms with Gasteiger partial charge in [0, 0.05) is 19.2 Å². The lowest BCUT2D eigenvalue weighted by molar-refractivity contribution is 0.0594. The third kappa shape index (κ3) is 5.55. The average molecular weight is 346 g/mol. The fourth-order valence-corrected chi connectivity index (χ4v) is 2.40. The summed E-state index contributed by atoms with van der Waals surface area (Å²) in [6.45, 7) is 2.13. The second-order valence-electron chi connectivity index (χ2n) is 6.03. The molecule has 0 aromatic heterocycles. The van der Waals surface area contributed by atoms with Gasteiger partial charge in [0.2, 0.25) is 0 Å². The van der Waals surface area contributed by atoms with Crippen LogP contribution in [0.2, 0.25) is 0 Å². The van der Waals surface area contributed by atoms with Gasteiger partial charge in [-0.1, -0.05) is 36.4 Å². The first-order chi connectivity index (χ1) is 11.9. The number of rotatable bonds is 7. The van der Waals surface area contributed by atoms with Crippen LogP contribution in [0.3, 0.4) is 0 Å². The molecule has 2 rings (SSSR count). The Morgan fingerprint density at radius 2 is 1.92 bits per heavy atom. The van der Waals surface area contributed by atoms with E-state index >= 15 is 0 Å². The Bertz CT molecular complexity index is 705. The molecule has 1 atom stereocenters. The second kappa shape index (κ2) is 8.60. The van der Waals surface area contributed by atoms with E-state index in [9.17, 15) is 14.3 Å². The molecule has 0 radical (unpaired) electrons. The van der Waals surface area contributed by atoms with Gasteiger partial charge in [0.15, 0.2) is 0 Å². The van der Waals surface area contributed by atoms with E-state index in [-0.39, 0.29) is 25.5 Å². The molecule has 2 aromatic rings. The lowest BCUT2D eigenvalue weighted by Gasteiger charge is -2.24. The van der Waals surface area contributed by atoms with Gasteiger partial charge in [-0.2, -0.15) is 0 Å². The van der Waals surface area contributed by atoms with Crippen LogP contribution in [0.5, 0.6) is 0 Å². The molecule has 0 aliphatic heterocycles. The van der Waals surface area contributed by atoms with E-state index in [0.29, 0.717) is 5.56 Å². The molecule has 0 spiro atoms. The monoisotopic (exact) mass is 346 g/mol. The molecule has 2 amide bonds. The Morgan fingerprint density at radius 1 is 1.20 bits per heavy atom. The van der Waals surface area contributed by atoms with Crippen molar-refractivity contribution in [2.45, 2.75) is 25.7 Å². The lowest BCUT2D eigenvalue weighted by Crippen LogP contribution is -2.43. The zero-order valence-corrected chi connectivity index (χ0v) is 14.4. The normalized spacial score (nSPS) is 13.1. The summed E-state index contributed by atoms with van der Waals surface area (Å²) in [5.41, 5.74) is 0.755. The molecule has 0 bridgehead atoms. The third-order valence-corrected chi connectivity index (χ3v) is 3.85. The summed E-state index contributed by atoms with van der Waals surface area (Å²) in [5.74, 6) is -0.339. The van der Waals surface area contributed by atoms with Crippen molar-refractivity contribution in [3.63, 3.8) is 0 Å². The van der Waals surface area contributed by atoms with E-state index < -0.39 is 11.6 Å². The van der Waals surface area contributed by atoms with Crippen LogP contribution in [-0.4, -0.2) is 24.8 Å². The number of carbonyl (C=O) groups is 1. The molecule has 25 heavy (non-hydrogen) atoms. The number of carbonyl (C=O) groups excluding carboxylic acids is 1. The summed E-state index contributed by atoms with van der Waals surface area (Å²) in [6, 6.07) is 13.3. The molecule has 134 valence electrons. The van der Waals surface area contributed by atoms with E-state index in [1.54, 1.807) is 31.2 Å². The molecule has 5 nitrogen and oxygen atoms in total. The topological polar surface area (TPSA) is 70.6 Å². The molecule has 0 unspecified atom stereocenters. The van der Waals surface area contributed by atoms with Crippen LogP contribution in [0.4, 0.5) is 9.18 Å². The number of methoxy groups -OCH3 is 1.